The molecule has 4 N–H and O–H groups in total. The fourth-order valence-corrected chi connectivity index (χ4v) is 1.73. The van der Waals surface area contributed by atoms with Gasteiger partial charge in [-0.3, -0.25) is 9.89 Å². The van der Waals surface area contributed by atoms with Crippen LogP contribution in [0.4, 0.5) is 5.82 Å². The number of hydrogen-bond donors (Lipinski definition) is 3. The van der Waals surface area contributed by atoms with E-state index in [4.69, 9.17) is 10.5 Å². The number of nitrogens with one attached hydrogen (secondary N) is 2. The lowest BCUT2D eigenvalue weighted by Crippen LogP contribution is -2.26. The first kappa shape index (κ1) is 12.9. The van der Waals surface area contributed by atoms with Crippen LogP contribution < -0.4 is 11.1 Å². The minimum absolute atomic E-state index is 0.180. The van der Waals surface area contributed by atoms with E-state index < -0.39 is 0 Å². The molecule has 6 nitrogen and oxygen atoms in total. The first-order valence-corrected chi connectivity index (χ1v) is 6.35. The Balaban J connectivity index is 1.62. The number of nitrogens with zero attached hydrogens (tertiary/aromatic N) is 1. The lowest BCUT2D eigenvalue weighted by molar-refractivity contribution is 0.0937. The van der Waals surface area contributed by atoms with Gasteiger partial charge in [0.2, 0.25) is 0 Å². The van der Waals surface area contributed by atoms with Gasteiger partial charge in [-0.2, -0.15) is 5.10 Å². The Bertz CT molecular complexity index is 393. The van der Waals surface area contributed by atoms with Gasteiger partial charge in [-0.05, 0) is 32.1 Å². The topological polar surface area (TPSA) is 93.0 Å². The summed E-state index contributed by atoms with van der Waals surface area (Å²) in [4.78, 5) is 11.8. The van der Waals surface area contributed by atoms with Gasteiger partial charge in [0.25, 0.3) is 5.91 Å². The second kappa shape index (κ2) is 5.86. The molecule has 100 valence electrons. The smallest absolute Gasteiger partial charge is 0.256 e. The summed E-state index contributed by atoms with van der Waals surface area (Å²) in [6, 6.07) is 0. The normalized spacial score (nSPS) is 14.7. The van der Waals surface area contributed by atoms with Gasteiger partial charge in [0.1, 0.15) is 5.56 Å². The number of nitrogens with two attached hydrogens (primary N) is 1. The number of hydrogen-bond acceptors (Lipinski definition) is 4. The van der Waals surface area contributed by atoms with Gasteiger partial charge in [0.05, 0.1) is 0 Å². The molecule has 6 heteroatoms. The molecule has 1 aliphatic rings. The third kappa shape index (κ3) is 3.46. The number of carbonyl (C=O) groups excluding carboxylic acids is 1. The largest absolute Gasteiger partial charge is 0.382 e. The third-order valence-corrected chi connectivity index (χ3v) is 3.00. The number of nitrogen functional groups attached to an aromatic ring is 1. The van der Waals surface area contributed by atoms with Crippen molar-refractivity contribution < 1.29 is 9.53 Å². The van der Waals surface area contributed by atoms with E-state index in [1.807, 2.05) is 0 Å². The standard InChI is InChI=1S/C12H20N4O2/c1-8-10(11(13)16-15-8)12(17)14-5-2-6-18-7-9-3-4-9/h9H,2-7H2,1H3,(H,14,17)(H3,13,15,16). The zero-order valence-corrected chi connectivity index (χ0v) is 10.7. The van der Waals surface area contributed by atoms with Crippen LogP contribution in [0.25, 0.3) is 0 Å². The van der Waals surface area contributed by atoms with Crippen molar-refractivity contribution in [2.45, 2.75) is 26.2 Å². The SMILES string of the molecule is Cc1[nH]nc(N)c1C(=O)NCCCOCC1CC1. The molecule has 0 unspecified atom stereocenters. The summed E-state index contributed by atoms with van der Waals surface area (Å²) >= 11 is 0. The molecular weight excluding hydrogens is 232 g/mol. The molecule has 0 bridgehead atoms. The molecule has 2 rings (SSSR count). The van der Waals surface area contributed by atoms with Gasteiger partial charge < -0.3 is 15.8 Å². The molecule has 0 radical (unpaired) electrons. The van der Waals surface area contributed by atoms with Crippen LogP contribution in [-0.2, 0) is 4.74 Å². The average molecular weight is 252 g/mol. The van der Waals surface area contributed by atoms with Crippen molar-refractivity contribution in [3.63, 3.8) is 0 Å². The predicted molar refractivity (Wildman–Crippen MR) is 68.2 cm³/mol. The lowest BCUT2D eigenvalue weighted by atomic mass is 10.2. The first-order valence-electron chi connectivity index (χ1n) is 6.35. The minimum atomic E-state index is -0.180. The molecule has 0 saturated heterocycles. The maximum Gasteiger partial charge on any atom is 0.256 e. The van der Waals surface area contributed by atoms with Gasteiger partial charge in [-0.1, -0.05) is 0 Å². The van der Waals surface area contributed by atoms with Crippen molar-refractivity contribution in [1.29, 1.82) is 0 Å². The van der Waals surface area contributed by atoms with Crippen LogP contribution in [0, 0.1) is 12.8 Å². The minimum Gasteiger partial charge on any atom is -0.382 e. The Morgan fingerprint density at radius 2 is 2.39 bits per heavy atom. The van der Waals surface area contributed by atoms with Crippen LogP contribution >= 0.6 is 0 Å². The molecule has 1 fully saturated rings. The summed E-state index contributed by atoms with van der Waals surface area (Å²) in [6.45, 7) is 3.92. The van der Waals surface area contributed by atoms with E-state index in [1.165, 1.54) is 12.8 Å². The molecule has 1 heterocycles. The number of aryl methyl sites for hydroxylation is 1. The van der Waals surface area contributed by atoms with Gasteiger partial charge in [0, 0.05) is 25.5 Å². The van der Waals surface area contributed by atoms with Crippen molar-refractivity contribution in [2.24, 2.45) is 5.92 Å². The summed E-state index contributed by atoms with van der Waals surface area (Å²) in [5.41, 5.74) is 6.74. The number of aromatic nitrogens is 2. The molecular formula is C12H20N4O2. The van der Waals surface area contributed by atoms with E-state index in [0.29, 0.717) is 24.4 Å². The van der Waals surface area contributed by atoms with Crippen molar-refractivity contribution in [3.05, 3.63) is 11.3 Å². The Labute approximate surface area is 106 Å². The van der Waals surface area contributed by atoms with Gasteiger partial charge in [0.15, 0.2) is 5.82 Å². The number of anilines is 1. The monoisotopic (exact) mass is 252 g/mol. The van der Waals surface area contributed by atoms with E-state index in [0.717, 1.165) is 18.9 Å². The maximum absolute atomic E-state index is 11.8. The van der Waals surface area contributed by atoms with Crippen molar-refractivity contribution >= 4 is 11.7 Å². The molecule has 0 aromatic carbocycles. The van der Waals surface area contributed by atoms with Gasteiger partial charge in [-0.25, -0.2) is 0 Å². The molecule has 1 aromatic rings. The zero-order valence-electron chi connectivity index (χ0n) is 10.7. The second-order valence-electron chi connectivity index (χ2n) is 4.74. The number of amides is 1. The van der Waals surface area contributed by atoms with Crippen molar-refractivity contribution in [3.8, 4) is 0 Å². The van der Waals surface area contributed by atoms with Gasteiger partial charge in [-0.15, -0.1) is 0 Å². The number of ether oxygens (including phenoxy) is 1. The van der Waals surface area contributed by atoms with Crippen molar-refractivity contribution in [2.75, 3.05) is 25.5 Å². The second-order valence-corrected chi connectivity index (χ2v) is 4.74. The summed E-state index contributed by atoms with van der Waals surface area (Å²) in [6.07, 6.45) is 3.42. The molecule has 0 spiro atoms. The highest BCUT2D eigenvalue weighted by molar-refractivity contribution is 5.99. The number of H-pyrrole nitrogens is 1. The fraction of sp³-hybridized carbons (Fsp3) is 0.667. The molecule has 18 heavy (non-hydrogen) atoms. The number of rotatable bonds is 7. The van der Waals surface area contributed by atoms with E-state index in [1.54, 1.807) is 6.92 Å². The molecule has 1 saturated carbocycles. The Kier molecular flexibility index (Phi) is 4.19. The first-order chi connectivity index (χ1) is 8.68. The summed E-state index contributed by atoms with van der Waals surface area (Å²) < 4.78 is 5.48. The summed E-state index contributed by atoms with van der Waals surface area (Å²) in [5, 5.41) is 9.29. The van der Waals surface area contributed by atoms with E-state index >= 15 is 0 Å². The van der Waals surface area contributed by atoms with Crippen LogP contribution in [0.3, 0.4) is 0 Å². The molecule has 1 amide bonds. The Hall–Kier alpha value is -1.56. The third-order valence-electron chi connectivity index (χ3n) is 3.00. The van der Waals surface area contributed by atoms with Crippen LogP contribution in [0.1, 0.15) is 35.3 Å². The van der Waals surface area contributed by atoms with Crippen LogP contribution in [0.5, 0.6) is 0 Å². The average Bonchev–Trinajstić information content (AvgIpc) is 3.09. The lowest BCUT2D eigenvalue weighted by Gasteiger charge is -2.06. The highest BCUT2D eigenvalue weighted by Crippen LogP contribution is 2.28. The molecule has 0 aliphatic heterocycles. The van der Waals surface area contributed by atoms with Gasteiger partial charge >= 0.3 is 0 Å². The Morgan fingerprint density at radius 3 is 3.00 bits per heavy atom. The molecule has 0 atom stereocenters. The van der Waals surface area contributed by atoms with E-state index in [9.17, 15) is 4.79 Å². The Morgan fingerprint density at radius 1 is 1.61 bits per heavy atom. The zero-order chi connectivity index (χ0) is 13.0. The van der Waals surface area contributed by atoms with Crippen LogP contribution in [0.15, 0.2) is 0 Å². The molecule has 1 aromatic heterocycles. The summed E-state index contributed by atoms with van der Waals surface area (Å²) in [7, 11) is 0. The van der Waals surface area contributed by atoms with Crippen LogP contribution in [0.2, 0.25) is 0 Å². The highest BCUT2D eigenvalue weighted by atomic mass is 16.5. The number of aromatic amines is 1. The fourth-order valence-electron chi connectivity index (χ4n) is 1.73. The van der Waals surface area contributed by atoms with Crippen molar-refractivity contribution in [1.82, 2.24) is 15.5 Å². The molecule has 1 aliphatic carbocycles. The van der Waals surface area contributed by atoms with Crippen LogP contribution in [-0.4, -0.2) is 35.9 Å². The highest BCUT2D eigenvalue weighted by Gasteiger charge is 2.20. The van der Waals surface area contributed by atoms with E-state index in [2.05, 4.69) is 15.5 Å². The maximum atomic E-state index is 11.8. The predicted octanol–water partition coefficient (Wildman–Crippen LogP) is 0.847. The van der Waals surface area contributed by atoms with E-state index in [-0.39, 0.29) is 11.7 Å². The quantitative estimate of drug-likeness (QED) is 0.627. The summed E-state index contributed by atoms with van der Waals surface area (Å²) in [5.74, 6) is 0.851. The number of carbonyl (C=O) groups is 1.